The largest absolute Gasteiger partial charge is 0.497 e. The van der Waals surface area contributed by atoms with E-state index in [9.17, 15) is 14.4 Å². The Labute approximate surface area is 173 Å². The van der Waals surface area contributed by atoms with E-state index in [-0.39, 0.29) is 12.5 Å². The van der Waals surface area contributed by atoms with Gasteiger partial charge in [0.15, 0.2) is 6.61 Å². The van der Waals surface area contributed by atoms with Crippen molar-refractivity contribution in [2.24, 2.45) is 5.73 Å². The molecule has 9 heteroatoms. The Kier molecular flexibility index (Phi) is 6.21. The molecule has 0 saturated carbocycles. The lowest BCUT2D eigenvalue weighted by atomic mass is 9.94. The predicted octanol–water partition coefficient (Wildman–Crippen LogP) is 1.83. The van der Waals surface area contributed by atoms with E-state index in [4.69, 9.17) is 15.2 Å². The molecule has 3 rings (SSSR count). The highest BCUT2D eigenvalue weighted by atomic mass is 16.5. The minimum absolute atomic E-state index is 0.238. The average Bonchev–Trinajstić information content (AvgIpc) is 2.72. The number of urea groups is 1. The van der Waals surface area contributed by atoms with Crippen LogP contribution in [-0.2, 0) is 9.59 Å². The molecule has 0 bridgehead atoms. The summed E-state index contributed by atoms with van der Waals surface area (Å²) < 4.78 is 10.4. The zero-order chi connectivity index (χ0) is 21.7. The SMILES string of the molecule is COc1ccc(NC(=O)C2=C(C)NC(=O)NC2c2ccc(OCC(N)=O)cc2)cc1. The maximum atomic E-state index is 13.0. The van der Waals surface area contributed by atoms with Crippen LogP contribution < -0.4 is 31.2 Å². The number of allylic oxidation sites excluding steroid dienone is 1. The van der Waals surface area contributed by atoms with Gasteiger partial charge in [0.05, 0.1) is 18.7 Å². The number of rotatable bonds is 7. The number of hydrogen-bond donors (Lipinski definition) is 4. The number of carbonyl (C=O) groups excluding carboxylic acids is 3. The number of methoxy groups -OCH3 is 1. The van der Waals surface area contributed by atoms with Gasteiger partial charge in [-0.15, -0.1) is 0 Å². The lowest BCUT2D eigenvalue weighted by Crippen LogP contribution is -2.45. The third-order valence-electron chi connectivity index (χ3n) is 4.46. The van der Waals surface area contributed by atoms with Crippen LogP contribution in [0.1, 0.15) is 18.5 Å². The van der Waals surface area contributed by atoms with Crippen molar-refractivity contribution >= 4 is 23.5 Å². The molecule has 1 aliphatic rings. The summed E-state index contributed by atoms with van der Waals surface area (Å²) in [6.07, 6.45) is 0. The molecule has 30 heavy (non-hydrogen) atoms. The fraction of sp³-hybridized carbons (Fsp3) is 0.190. The summed E-state index contributed by atoms with van der Waals surface area (Å²) in [6, 6.07) is 12.5. The predicted molar refractivity (Wildman–Crippen MR) is 110 cm³/mol. The van der Waals surface area contributed by atoms with E-state index in [0.29, 0.717) is 34.0 Å². The van der Waals surface area contributed by atoms with E-state index >= 15 is 0 Å². The molecule has 0 radical (unpaired) electrons. The van der Waals surface area contributed by atoms with Crippen LogP contribution in [-0.4, -0.2) is 31.6 Å². The lowest BCUT2D eigenvalue weighted by molar-refractivity contribution is -0.120. The minimum atomic E-state index is -0.665. The quantitative estimate of drug-likeness (QED) is 0.553. The molecule has 1 aliphatic heterocycles. The first-order valence-corrected chi connectivity index (χ1v) is 9.12. The van der Waals surface area contributed by atoms with Crippen molar-refractivity contribution in [1.82, 2.24) is 10.6 Å². The second-order valence-electron chi connectivity index (χ2n) is 6.58. The van der Waals surface area contributed by atoms with E-state index in [1.165, 1.54) is 0 Å². The van der Waals surface area contributed by atoms with Crippen LogP contribution in [0.3, 0.4) is 0 Å². The molecule has 9 nitrogen and oxygen atoms in total. The lowest BCUT2D eigenvalue weighted by Gasteiger charge is -2.28. The Morgan fingerprint density at radius 3 is 2.30 bits per heavy atom. The zero-order valence-electron chi connectivity index (χ0n) is 16.5. The number of hydrogen-bond acceptors (Lipinski definition) is 5. The van der Waals surface area contributed by atoms with E-state index in [2.05, 4.69) is 16.0 Å². The third kappa shape index (κ3) is 4.88. The molecular formula is C21H22N4O5. The number of nitrogens with two attached hydrogens (primary N) is 1. The molecule has 0 spiro atoms. The smallest absolute Gasteiger partial charge is 0.319 e. The molecular weight excluding hydrogens is 388 g/mol. The highest BCUT2D eigenvalue weighted by molar-refractivity contribution is 6.06. The van der Waals surface area contributed by atoms with Gasteiger partial charge in [0.2, 0.25) is 0 Å². The molecule has 4 amide bonds. The van der Waals surface area contributed by atoms with Crippen LogP contribution in [0.4, 0.5) is 10.5 Å². The number of ether oxygens (including phenoxy) is 2. The molecule has 0 fully saturated rings. The molecule has 1 heterocycles. The van der Waals surface area contributed by atoms with Gasteiger partial charge >= 0.3 is 6.03 Å². The van der Waals surface area contributed by atoms with Gasteiger partial charge in [-0.05, 0) is 48.9 Å². The van der Waals surface area contributed by atoms with Crippen molar-refractivity contribution in [2.75, 3.05) is 19.0 Å². The number of nitrogens with one attached hydrogen (secondary N) is 3. The summed E-state index contributed by atoms with van der Waals surface area (Å²) in [4.78, 5) is 35.9. The maximum Gasteiger partial charge on any atom is 0.319 e. The van der Waals surface area contributed by atoms with Crippen molar-refractivity contribution in [3.8, 4) is 11.5 Å². The molecule has 0 aliphatic carbocycles. The molecule has 1 unspecified atom stereocenters. The van der Waals surface area contributed by atoms with Gasteiger partial charge in [0.1, 0.15) is 11.5 Å². The highest BCUT2D eigenvalue weighted by Crippen LogP contribution is 2.29. The summed E-state index contributed by atoms with van der Waals surface area (Å²) in [5.41, 5.74) is 7.16. The van der Waals surface area contributed by atoms with Crippen LogP contribution in [0.25, 0.3) is 0 Å². The summed E-state index contributed by atoms with van der Waals surface area (Å²) in [5, 5.41) is 8.23. The van der Waals surface area contributed by atoms with E-state index < -0.39 is 18.0 Å². The van der Waals surface area contributed by atoms with Crippen LogP contribution >= 0.6 is 0 Å². The molecule has 2 aromatic rings. The maximum absolute atomic E-state index is 13.0. The van der Waals surface area contributed by atoms with E-state index in [1.54, 1.807) is 62.6 Å². The Balaban J connectivity index is 1.83. The molecule has 2 aromatic carbocycles. The molecule has 0 saturated heterocycles. The number of amides is 4. The van der Waals surface area contributed by atoms with Crippen molar-refractivity contribution in [3.63, 3.8) is 0 Å². The van der Waals surface area contributed by atoms with Crippen molar-refractivity contribution in [2.45, 2.75) is 13.0 Å². The van der Waals surface area contributed by atoms with Crippen LogP contribution in [0.15, 0.2) is 59.8 Å². The Hall–Kier alpha value is -4.01. The van der Waals surface area contributed by atoms with Gasteiger partial charge in [-0.2, -0.15) is 0 Å². The van der Waals surface area contributed by atoms with Crippen molar-refractivity contribution in [1.29, 1.82) is 0 Å². The normalized spacial score (nSPS) is 15.7. The van der Waals surface area contributed by atoms with E-state index in [1.807, 2.05) is 0 Å². The molecule has 156 valence electrons. The standard InChI is InChI=1S/C21H22N4O5/c1-12-18(20(27)24-14-5-9-15(29-2)10-6-14)19(25-21(28)23-12)13-3-7-16(8-4-13)30-11-17(22)26/h3-10,19H,11H2,1-2H3,(H2,22,26)(H,24,27)(H2,23,25,28). The second kappa shape index (κ2) is 8.99. The first-order valence-electron chi connectivity index (χ1n) is 9.12. The number of carbonyl (C=O) groups is 3. The molecule has 5 N–H and O–H groups in total. The van der Waals surface area contributed by atoms with Gasteiger partial charge in [-0.1, -0.05) is 12.1 Å². The summed E-state index contributed by atoms with van der Waals surface area (Å²) >= 11 is 0. The fourth-order valence-corrected chi connectivity index (χ4v) is 3.03. The van der Waals surface area contributed by atoms with Crippen molar-refractivity contribution in [3.05, 3.63) is 65.4 Å². The molecule has 0 aromatic heterocycles. The highest BCUT2D eigenvalue weighted by Gasteiger charge is 2.31. The Bertz CT molecular complexity index is 983. The topological polar surface area (TPSA) is 132 Å². The van der Waals surface area contributed by atoms with Gasteiger partial charge in [-0.3, -0.25) is 9.59 Å². The second-order valence-corrected chi connectivity index (χ2v) is 6.58. The van der Waals surface area contributed by atoms with Crippen LogP contribution in [0.2, 0.25) is 0 Å². The number of anilines is 1. The summed E-state index contributed by atoms with van der Waals surface area (Å²) in [6.45, 7) is 1.43. The first-order chi connectivity index (χ1) is 14.4. The summed E-state index contributed by atoms with van der Waals surface area (Å²) in [5.74, 6) is 0.180. The zero-order valence-corrected chi connectivity index (χ0v) is 16.5. The summed E-state index contributed by atoms with van der Waals surface area (Å²) in [7, 11) is 1.56. The van der Waals surface area contributed by atoms with Gasteiger partial charge < -0.3 is 31.2 Å². The number of benzene rings is 2. The monoisotopic (exact) mass is 410 g/mol. The fourth-order valence-electron chi connectivity index (χ4n) is 3.03. The third-order valence-corrected chi connectivity index (χ3v) is 4.46. The van der Waals surface area contributed by atoms with Crippen molar-refractivity contribution < 1.29 is 23.9 Å². The van der Waals surface area contributed by atoms with Gasteiger partial charge in [-0.25, -0.2) is 4.79 Å². The van der Waals surface area contributed by atoms with Crippen LogP contribution in [0.5, 0.6) is 11.5 Å². The minimum Gasteiger partial charge on any atom is -0.497 e. The first kappa shape index (κ1) is 20.7. The Morgan fingerprint density at radius 2 is 1.70 bits per heavy atom. The van der Waals surface area contributed by atoms with Gasteiger partial charge in [0, 0.05) is 11.4 Å². The number of primary amides is 1. The average molecular weight is 410 g/mol. The molecule has 1 atom stereocenters. The van der Waals surface area contributed by atoms with Gasteiger partial charge in [0.25, 0.3) is 11.8 Å². The van der Waals surface area contributed by atoms with Crippen LogP contribution in [0, 0.1) is 0 Å². The van der Waals surface area contributed by atoms with E-state index in [0.717, 1.165) is 0 Å². The Morgan fingerprint density at radius 1 is 1.07 bits per heavy atom.